The first-order valence-electron chi connectivity index (χ1n) is 8.03. The van der Waals surface area contributed by atoms with Crippen LogP contribution in [0, 0.1) is 5.82 Å². The molecule has 3 aromatic heterocycles. The fraction of sp³-hybridized carbons (Fsp3) is 0.105. The Kier molecular flexibility index (Phi) is 4.08. The van der Waals surface area contributed by atoms with E-state index < -0.39 is 0 Å². The van der Waals surface area contributed by atoms with Crippen LogP contribution in [0.25, 0.3) is 16.9 Å². The van der Waals surface area contributed by atoms with E-state index in [9.17, 15) is 4.39 Å². The van der Waals surface area contributed by atoms with E-state index in [-0.39, 0.29) is 5.82 Å². The minimum atomic E-state index is -0.279. The van der Waals surface area contributed by atoms with Crippen LogP contribution in [0.3, 0.4) is 0 Å². The summed E-state index contributed by atoms with van der Waals surface area (Å²) in [6, 6.07) is 14.2. The van der Waals surface area contributed by atoms with Gasteiger partial charge in [0.05, 0.1) is 11.9 Å². The fourth-order valence-corrected chi connectivity index (χ4v) is 2.69. The van der Waals surface area contributed by atoms with Crippen LogP contribution < -0.4 is 5.32 Å². The van der Waals surface area contributed by atoms with E-state index in [1.54, 1.807) is 23.0 Å². The van der Waals surface area contributed by atoms with Crippen LogP contribution >= 0.6 is 0 Å². The molecule has 124 valence electrons. The molecule has 3 heterocycles. The summed E-state index contributed by atoms with van der Waals surface area (Å²) in [7, 11) is 0. The lowest BCUT2D eigenvalue weighted by atomic mass is 10.2. The van der Waals surface area contributed by atoms with E-state index in [0.717, 1.165) is 35.7 Å². The summed E-state index contributed by atoms with van der Waals surface area (Å²) in [4.78, 5) is 8.45. The molecule has 5 nitrogen and oxygen atoms in total. The van der Waals surface area contributed by atoms with Gasteiger partial charge in [0.1, 0.15) is 11.6 Å². The molecule has 0 saturated carbocycles. The van der Waals surface area contributed by atoms with Crippen molar-refractivity contribution in [3.63, 3.8) is 0 Å². The molecule has 0 bridgehead atoms. The quantitative estimate of drug-likeness (QED) is 0.606. The molecule has 0 aliphatic carbocycles. The molecule has 4 rings (SSSR count). The topological polar surface area (TPSA) is 55.1 Å². The van der Waals surface area contributed by atoms with Crippen LogP contribution in [0.1, 0.15) is 5.56 Å². The number of fused-ring (bicyclic) bond motifs is 1. The highest BCUT2D eigenvalue weighted by Crippen LogP contribution is 2.21. The second kappa shape index (κ2) is 6.68. The Labute approximate surface area is 144 Å². The van der Waals surface area contributed by atoms with Gasteiger partial charge in [0.25, 0.3) is 0 Å². The normalized spacial score (nSPS) is 10.9. The molecule has 0 atom stereocenters. The zero-order chi connectivity index (χ0) is 17.1. The van der Waals surface area contributed by atoms with E-state index in [1.807, 2.05) is 36.5 Å². The lowest BCUT2D eigenvalue weighted by molar-refractivity contribution is 0.628. The molecule has 0 saturated heterocycles. The lowest BCUT2D eigenvalue weighted by Gasteiger charge is -2.07. The first kappa shape index (κ1) is 15.3. The van der Waals surface area contributed by atoms with Crippen molar-refractivity contribution < 1.29 is 4.39 Å². The summed E-state index contributed by atoms with van der Waals surface area (Å²) in [6.07, 6.45) is 6.18. The number of pyridine rings is 1. The van der Waals surface area contributed by atoms with Gasteiger partial charge in [-0.2, -0.15) is 0 Å². The Bertz CT molecular complexity index is 997. The molecule has 0 aliphatic rings. The van der Waals surface area contributed by atoms with E-state index in [4.69, 9.17) is 0 Å². The zero-order valence-corrected chi connectivity index (χ0v) is 13.4. The van der Waals surface area contributed by atoms with Gasteiger partial charge in [-0.1, -0.05) is 18.2 Å². The summed E-state index contributed by atoms with van der Waals surface area (Å²) < 4.78 is 15.2. The predicted octanol–water partition coefficient (Wildman–Crippen LogP) is 3.59. The van der Waals surface area contributed by atoms with Crippen LogP contribution in [0.4, 0.5) is 10.2 Å². The largest absolute Gasteiger partial charge is 0.368 e. The number of rotatable bonds is 5. The van der Waals surface area contributed by atoms with E-state index >= 15 is 0 Å². The Morgan fingerprint density at radius 3 is 2.84 bits per heavy atom. The second-order valence-electron chi connectivity index (χ2n) is 5.68. The molecule has 25 heavy (non-hydrogen) atoms. The number of hydrogen-bond donors (Lipinski definition) is 1. The highest BCUT2D eigenvalue weighted by atomic mass is 19.1. The van der Waals surface area contributed by atoms with Crippen LogP contribution in [-0.2, 0) is 6.42 Å². The number of nitrogens with one attached hydrogen (secondary N) is 1. The summed E-state index contributed by atoms with van der Waals surface area (Å²) in [5.41, 5.74) is 3.38. The third-order valence-electron chi connectivity index (χ3n) is 3.93. The average Bonchev–Trinajstić information content (AvgIpc) is 3.06. The van der Waals surface area contributed by atoms with Crippen molar-refractivity contribution in [3.8, 4) is 11.3 Å². The standard InChI is InChI=1S/C19H16FN5/c20-16-5-1-4-15(11-16)17-13-23-19-7-6-18(24-25(17)19)22-10-8-14-3-2-9-21-12-14/h1-7,9,11-13H,8,10H2,(H,22,24). The first-order valence-corrected chi connectivity index (χ1v) is 8.03. The van der Waals surface area contributed by atoms with E-state index in [2.05, 4.69) is 20.4 Å². The number of nitrogens with zero attached hydrogens (tertiary/aromatic N) is 4. The summed E-state index contributed by atoms with van der Waals surface area (Å²) in [6.45, 7) is 0.744. The summed E-state index contributed by atoms with van der Waals surface area (Å²) in [5, 5.41) is 7.88. The van der Waals surface area contributed by atoms with Gasteiger partial charge >= 0.3 is 0 Å². The molecular formula is C19H16FN5. The van der Waals surface area contributed by atoms with Gasteiger partial charge in [-0.25, -0.2) is 13.9 Å². The maximum absolute atomic E-state index is 13.5. The minimum absolute atomic E-state index is 0.279. The number of imidazole rings is 1. The molecule has 1 N–H and O–H groups in total. The summed E-state index contributed by atoms with van der Waals surface area (Å²) in [5.74, 6) is 0.463. The van der Waals surface area contributed by atoms with Crippen LogP contribution in [0.15, 0.2) is 67.1 Å². The van der Waals surface area contributed by atoms with Gasteiger partial charge in [0, 0.05) is 24.5 Å². The van der Waals surface area contributed by atoms with Crippen LogP contribution in [0.5, 0.6) is 0 Å². The van der Waals surface area contributed by atoms with Crippen molar-refractivity contribution in [2.45, 2.75) is 6.42 Å². The molecule has 0 unspecified atom stereocenters. The van der Waals surface area contributed by atoms with Crippen molar-refractivity contribution in [2.75, 3.05) is 11.9 Å². The molecule has 1 aromatic carbocycles. The van der Waals surface area contributed by atoms with Gasteiger partial charge in [0.2, 0.25) is 0 Å². The Balaban J connectivity index is 1.56. The van der Waals surface area contributed by atoms with Gasteiger partial charge in [-0.3, -0.25) is 4.98 Å². The van der Waals surface area contributed by atoms with Gasteiger partial charge in [-0.05, 0) is 42.3 Å². The Hall–Kier alpha value is -3.28. The molecule has 0 aliphatic heterocycles. The highest BCUT2D eigenvalue weighted by molar-refractivity contribution is 5.63. The van der Waals surface area contributed by atoms with Crippen LogP contribution in [0.2, 0.25) is 0 Å². The molecule has 0 spiro atoms. The van der Waals surface area contributed by atoms with Crippen molar-refractivity contribution >= 4 is 11.5 Å². The number of aromatic nitrogens is 4. The number of hydrogen-bond acceptors (Lipinski definition) is 4. The zero-order valence-electron chi connectivity index (χ0n) is 13.4. The van der Waals surface area contributed by atoms with Crippen molar-refractivity contribution in [1.29, 1.82) is 0 Å². The molecule has 0 amide bonds. The summed E-state index contributed by atoms with van der Waals surface area (Å²) >= 11 is 0. The Morgan fingerprint density at radius 1 is 1.04 bits per heavy atom. The smallest absolute Gasteiger partial charge is 0.154 e. The lowest BCUT2D eigenvalue weighted by Crippen LogP contribution is -2.08. The number of halogens is 1. The number of anilines is 1. The maximum Gasteiger partial charge on any atom is 0.154 e. The number of benzene rings is 1. The molecular weight excluding hydrogens is 317 g/mol. The highest BCUT2D eigenvalue weighted by Gasteiger charge is 2.08. The second-order valence-corrected chi connectivity index (χ2v) is 5.68. The van der Waals surface area contributed by atoms with Gasteiger partial charge < -0.3 is 5.32 Å². The van der Waals surface area contributed by atoms with Gasteiger partial charge in [-0.15, -0.1) is 5.10 Å². The van der Waals surface area contributed by atoms with Crippen molar-refractivity contribution in [3.05, 3.63) is 78.5 Å². The van der Waals surface area contributed by atoms with E-state index in [1.165, 1.54) is 17.7 Å². The molecule has 0 radical (unpaired) electrons. The van der Waals surface area contributed by atoms with Gasteiger partial charge in [0.15, 0.2) is 5.65 Å². The Morgan fingerprint density at radius 2 is 2.00 bits per heavy atom. The minimum Gasteiger partial charge on any atom is -0.368 e. The monoisotopic (exact) mass is 333 g/mol. The van der Waals surface area contributed by atoms with Crippen molar-refractivity contribution in [2.24, 2.45) is 0 Å². The van der Waals surface area contributed by atoms with Crippen molar-refractivity contribution in [1.82, 2.24) is 19.6 Å². The maximum atomic E-state index is 13.5. The third kappa shape index (κ3) is 3.33. The molecule has 0 fully saturated rings. The SMILES string of the molecule is Fc1cccc(-c2cnc3ccc(NCCc4cccnc4)nn23)c1. The average molecular weight is 333 g/mol. The van der Waals surface area contributed by atoms with Crippen LogP contribution in [-0.4, -0.2) is 26.1 Å². The molecule has 4 aromatic rings. The van der Waals surface area contributed by atoms with E-state index in [0.29, 0.717) is 0 Å². The molecule has 6 heteroatoms. The first-order chi connectivity index (χ1) is 12.3. The third-order valence-corrected chi connectivity index (χ3v) is 3.93. The fourth-order valence-electron chi connectivity index (χ4n) is 2.69. The predicted molar refractivity (Wildman–Crippen MR) is 94.8 cm³/mol.